The van der Waals surface area contributed by atoms with Crippen molar-refractivity contribution in [1.29, 1.82) is 0 Å². The molecule has 0 aliphatic carbocycles. The number of hydrogen-bond acceptors (Lipinski definition) is 3. The van der Waals surface area contributed by atoms with Crippen molar-refractivity contribution in [3.63, 3.8) is 0 Å². The van der Waals surface area contributed by atoms with Gasteiger partial charge in [-0.2, -0.15) is 5.10 Å². The molecule has 0 bridgehead atoms. The second-order valence-corrected chi connectivity index (χ2v) is 4.83. The summed E-state index contributed by atoms with van der Waals surface area (Å²) in [4.78, 5) is 12.0. The van der Waals surface area contributed by atoms with Crippen LogP contribution in [-0.4, -0.2) is 22.2 Å². The van der Waals surface area contributed by atoms with E-state index >= 15 is 0 Å². The third-order valence-corrected chi connectivity index (χ3v) is 3.45. The predicted molar refractivity (Wildman–Crippen MR) is 78.3 cm³/mol. The Morgan fingerprint density at radius 1 is 1.40 bits per heavy atom. The van der Waals surface area contributed by atoms with Crippen LogP contribution in [0.5, 0.6) is 0 Å². The Bertz CT molecular complexity index is 577. The molecule has 1 amide bonds. The van der Waals surface area contributed by atoms with E-state index in [4.69, 9.17) is 5.73 Å². The van der Waals surface area contributed by atoms with E-state index < -0.39 is 0 Å². The highest BCUT2D eigenvalue weighted by Crippen LogP contribution is 2.12. The van der Waals surface area contributed by atoms with Crippen LogP contribution in [0.15, 0.2) is 36.5 Å². The summed E-state index contributed by atoms with van der Waals surface area (Å²) in [5.74, 6) is -0.101. The molecular weight excluding hydrogens is 252 g/mol. The molecule has 1 aromatic carbocycles. The summed E-state index contributed by atoms with van der Waals surface area (Å²) in [5, 5.41) is 6.94. The van der Waals surface area contributed by atoms with Gasteiger partial charge in [0.05, 0.1) is 11.8 Å². The lowest BCUT2D eigenvalue weighted by Gasteiger charge is -2.12. The number of aromatic nitrogens is 2. The number of aryl methyl sites for hydroxylation is 1. The highest BCUT2D eigenvalue weighted by Gasteiger charge is 2.12. The van der Waals surface area contributed by atoms with Gasteiger partial charge >= 0.3 is 0 Å². The number of amides is 1. The number of rotatable bonds is 5. The van der Waals surface area contributed by atoms with Gasteiger partial charge < -0.3 is 11.1 Å². The van der Waals surface area contributed by atoms with Gasteiger partial charge in [-0.15, -0.1) is 0 Å². The molecular formula is C15H20N4O. The van der Waals surface area contributed by atoms with Crippen LogP contribution in [0, 0.1) is 6.92 Å². The third kappa shape index (κ3) is 3.24. The Morgan fingerprint density at radius 2 is 2.10 bits per heavy atom. The number of carbonyl (C=O) groups excluding carboxylic acids is 1. The first-order chi connectivity index (χ1) is 9.59. The fourth-order valence-electron chi connectivity index (χ4n) is 2.02. The Morgan fingerprint density at radius 3 is 2.70 bits per heavy atom. The van der Waals surface area contributed by atoms with Crippen LogP contribution in [0.4, 0.5) is 0 Å². The molecule has 20 heavy (non-hydrogen) atoms. The monoisotopic (exact) mass is 272 g/mol. The lowest BCUT2D eigenvalue weighted by Crippen LogP contribution is -2.27. The molecule has 0 aliphatic rings. The third-order valence-electron chi connectivity index (χ3n) is 3.45. The summed E-state index contributed by atoms with van der Waals surface area (Å²) >= 11 is 0. The second-order valence-electron chi connectivity index (χ2n) is 4.83. The lowest BCUT2D eigenvalue weighted by molar-refractivity contribution is 0.0952. The van der Waals surface area contributed by atoms with Crippen molar-refractivity contribution >= 4 is 5.91 Å². The number of benzene rings is 1. The molecule has 5 nitrogen and oxygen atoms in total. The summed E-state index contributed by atoms with van der Waals surface area (Å²) in [6, 6.07) is 9.82. The van der Waals surface area contributed by atoms with Crippen LogP contribution < -0.4 is 11.1 Å². The van der Waals surface area contributed by atoms with Gasteiger partial charge in [0.1, 0.15) is 0 Å². The van der Waals surface area contributed by atoms with E-state index in [0.29, 0.717) is 18.5 Å². The molecule has 0 fully saturated rings. The first kappa shape index (κ1) is 14.3. The number of nitrogens with one attached hydrogen (secondary N) is 1. The number of nitrogens with zero attached hydrogens (tertiary/aromatic N) is 2. The summed E-state index contributed by atoms with van der Waals surface area (Å²) in [5.41, 5.74) is 8.64. The van der Waals surface area contributed by atoms with Gasteiger partial charge in [0.2, 0.25) is 0 Å². The molecule has 2 rings (SSSR count). The molecule has 5 heteroatoms. The van der Waals surface area contributed by atoms with Crippen LogP contribution in [0.25, 0.3) is 0 Å². The van der Waals surface area contributed by atoms with Crippen LogP contribution in [-0.2, 0) is 7.05 Å². The van der Waals surface area contributed by atoms with Gasteiger partial charge in [0, 0.05) is 25.3 Å². The Hall–Kier alpha value is -2.14. The number of carbonyl (C=O) groups is 1. The fraction of sp³-hybridized carbons (Fsp3) is 0.333. The average molecular weight is 272 g/mol. The van der Waals surface area contributed by atoms with Crippen LogP contribution in [0.1, 0.15) is 34.1 Å². The minimum absolute atomic E-state index is 0.0634. The average Bonchev–Trinajstić information content (AvgIpc) is 2.80. The molecule has 0 saturated heterocycles. The molecule has 1 aromatic heterocycles. The normalized spacial score (nSPS) is 12.2. The lowest BCUT2D eigenvalue weighted by atomic mass is 10.1. The van der Waals surface area contributed by atoms with Gasteiger partial charge in [0.25, 0.3) is 5.91 Å². The van der Waals surface area contributed by atoms with Gasteiger partial charge in [-0.25, -0.2) is 0 Å². The van der Waals surface area contributed by atoms with Crippen LogP contribution in [0.2, 0.25) is 0 Å². The van der Waals surface area contributed by atoms with E-state index in [1.54, 1.807) is 10.9 Å². The van der Waals surface area contributed by atoms with Gasteiger partial charge in [-0.05, 0) is 18.9 Å². The zero-order chi connectivity index (χ0) is 14.5. The second kappa shape index (κ2) is 6.34. The van der Waals surface area contributed by atoms with Crippen molar-refractivity contribution in [2.45, 2.75) is 19.4 Å². The highest BCUT2D eigenvalue weighted by molar-refractivity contribution is 5.94. The summed E-state index contributed by atoms with van der Waals surface area (Å²) in [7, 11) is 1.82. The molecule has 0 radical (unpaired) electrons. The largest absolute Gasteiger partial charge is 0.352 e. The van der Waals surface area contributed by atoms with Gasteiger partial charge in [0.15, 0.2) is 0 Å². The number of hydrogen-bond donors (Lipinski definition) is 2. The molecule has 0 aliphatic heterocycles. The summed E-state index contributed by atoms with van der Waals surface area (Å²) < 4.78 is 1.69. The Labute approximate surface area is 118 Å². The molecule has 106 valence electrons. The fourth-order valence-corrected chi connectivity index (χ4v) is 2.02. The zero-order valence-electron chi connectivity index (χ0n) is 11.8. The SMILES string of the molecule is Cc1c(C(=O)NCCC(N)c2ccccc2)cnn1C. The molecule has 1 unspecified atom stereocenters. The molecule has 1 atom stereocenters. The van der Waals surface area contributed by atoms with Crippen molar-refractivity contribution in [3.05, 3.63) is 53.3 Å². The summed E-state index contributed by atoms with van der Waals surface area (Å²) in [6.07, 6.45) is 2.29. The smallest absolute Gasteiger partial charge is 0.254 e. The van der Waals surface area contributed by atoms with Crippen molar-refractivity contribution < 1.29 is 4.79 Å². The first-order valence-corrected chi connectivity index (χ1v) is 6.67. The molecule has 2 aromatic rings. The van der Waals surface area contributed by atoms with Gasteiger partial charge in [-0.1, -0.05) is 30.3 Å². The van der Waals surface area contributed by atoms with Crippen molar-refractivity contribution in [2.75, 3.05) is 6.54 Å². The number of nitrogens with two attached hydrogens (primary N) is 1. The Kier molecular flexibility index (Phi) is 4.53. The zero-order valence-corrected chi connectivity index (χ0v) is 11.8. The van der Waals surface area contributed by atoms with E-state index in [1.165, 1.54) is 0 Å². The highest BCUT2D eigenvalue weighted by atomic mass is 16.1. The minimum Gasteiger partial charge on any atom is -0.352 e. The molecule has 0 spiro atoms. The van der Waals surface area contributed by atoms with E-state index in [2.05, 4.69) is 10.4 Å². The predicted octanol–water partition coefficient (Wildman–Crippen LogP) is 1.55. The van der Waals surface area contributed by atoms with Crippen molar-refractivity contribution in [1.82, 2.24) is 15.1 Å². The first-order valence-electron chi connectivity index (χ1n) is 6.67. The van der Waals surface area contributed by atoms with Crippen molar-refractivity contribution in [3.8, 4) is 0 Å². The van der Waals surface area contributed by atoms with E-state index in [0.717, 1.165) is 11.3 Å². The van der Waals surface area contributed by atoms with E-state index in [-0.39, 0.29) is 11.9 Å². The van der Waals surface area contributed by atoms with E-state index in [9.17, 15) is 4.79 Å². The van der Waals surface area contributed by atoms with E-state index in [1.807, 2.05) is 44.3 Å². The molecule has 1 heterocycles. The molecule has 3 N–H and O–H groups in total. The summed E-state index contributed by atoms with van der Waals surface area (Å²) in [6.45, 7) is 2.42. The molecule has 0 saturated carbocycles. The van der Waals surface area contributed by atoms with Crippen LogP contribution in [0.3, 0.4) is 0 Å². The van der Waals surface area contributed by atoms with Crippen molar-refractivity contribution in [2.24, 2.45) is 12.8 Å². The standard InChI is InChI=1S/C15H20N4O/c1-11-13(10-18-19(11)2)15(20)17-9-8-14(16)12-6-4-3-5-7-12/h3-7,10,14H,8-9,16H2,1-2H3,(H,17,20). The quantitative estimate of drug-likeness (QED) is 0.867. The Balaban J connectivity index is 1.84. The maximum atomic E-state index is 12.0. The maximum absolute atomic E-state index is 12.0. The maximum Gasteiger partial charge on any atom is 0.254 e. The topological polar surface area (TPSA) is 72.9 Å². The van der Waals surface area contributed by atoms with Crippen LogP contribution >= 0.6 is 0 Å². The van der Waals surface area contributed by atoms with Gasteiger partial charge in [-0.3, -0.25) is 9.48 Å². The minimum atomic E-state index is -0.101.